The molecule has 0 fully saturated rings. The fraction of sp³-hybridized carbons (Fsp3) is 0.0417. The van der Waals surface area contributed by atoms with Crippen molar-refractivity contribution in [2.45, 2.75) is 0 Å². The molecule has 0 unspecified atom stereocenters. The second kappa shape index (κ2) is 7.94. The molecule has 0 bridgehead atoms. The smallest absolute Gasteiger partial charge is 0.162 e. The molecule has 5 nitrogen and oxygen atoms in total. The summed E-state index contributed by atoms with van der Waals surface area (Å²) in [4.78, 5) is 9.56. The molecule has 4 aromatic rings. The Morgan fingerprint density at radius 3 is 2.62 bits per heavy atom. The van der Waals surface area contributed by atoms with Gasteiger partial charge in [-0.1, -0.05) is 43.0 Å². The second-order valence-corrected chi connectivity index (χ2v) is 6.56. The second-order valence-electron chi connectivity index (χ2n) is 6.56. The van der Waals surface area contributed by atoms with Gasteiger partial charge in [0.15, 0.2) is 5.82 Å². The van der Waals surface area contributed by atoms with Gasteiger partial charge in [-0.2, -0.15) is 0 Å². The van der Waals surface area contributed by atoms with Gasteiger partial charge in [0.25, 0.3) is 0 Å². The SMILES string of the molecule is C=Cc1cccc(-c2nc(Nc3ccc(NC)c(C=N)c3)c3ccccc3n2)c1. The Morgan fingerprint density at radius 1 is 0.966 bits per heavy atom. The van der Waals surface area contributed by atoms with Crippen molar-refractivity contribution in [1.82, 2.24) is 9.97 Å². The van der Waals surface area contributed by atoms with Gasteiger partial charge in [-0.25, -0.2) is 9.97 Å². The van der Waals surface area contributed by atoms with Crippen LogP contribution in [0.2, 0.25) is 0 Å². The quantitative estimate of drug-likeness (QED) is 0.374. The summed E-state index contributed by atoms with van der Waals surface area (Å²) in [5.74, 6) is 1.37. The largest absolute Gasteiger partial charge is 0.388 e. The molecule has 0 aliphatic carbocycles. The Bertz CT molecular complexity index is 1210. The van der Waals surface area contributed by atoms with E-state index in [1.54, 1.807) is 0 Å². The lowest BCUT2D eigenvalue weighted by Crippen LogP contribution is -2.01. The highest BCUT2D eigenvalue weighted by Crippen LogP contribution is 2.29. The number of para-hydroxylation sites is 1. The molecule has 0 aliphatic heterocycles. The molecule has 1 heterocycles. The topological polar surface area (TPSA) is 73.7 Å². The lowest BCUT2D eigenvalue weighted by Gasteiger charge is -2.13. The summed E-state index contributed by atoms with van der Waals surface area (Å²) in [6, 6.07) is 21.8. The Morgan fingerprint density at radius 2 is 1.83 bits per heavy atom. The van der Waals surface area contributed by atoms with Gasteiger partial charge >= 0.3 is 0 Å². The molecule has 0 amide bonds. The number of nitrogens with zero attached hydrogens (tertiary/aromatic N) is 2. The summed E-state index contributed by atoms with van der Waals surface area (Å²) in [6.45, 7) is 3.84. The van der Waals surface area contributed by atoms with E-state index in [4.69, 9.17) is 15.4 Å². The van der Waals surface area contributed by atoms with Crippen LogP contribution in [0.3, 0.4) is 0 Å². The maximum atomic E-state index is 7.65. The van der Waals surface area contributed by atoms with E-state index in [1.165, 1.54) is 6.21 Å². The molecular weight excluding hydrogens is 358 g/mol. The molecule has 1 aromatic heterocycles. The molecule has 3 aromatic carbocycles. The van der Waals surface area contributed by atoms with Crippen LogP contribution >= 0.6 is 0 Å². The predicted octanol–water partition coefficient (Wildman–Crippen LogP) is 5.72. The molecule has 0 radical (unpaired) electrons. The number of hydrogen-bond donors (Lipinski definition) is 3. The van der Waals surface area contributed by atoms with Crippen LogP contribution in [0.4, 0.5) is 17.2 Å². The highest BCUT2D eigenvalue weighted by Gasteiger charge is 2.11. The van der Waals surface area contributed by atoms with E-state index in [-0.39, 0.29) is 0 Å². The average Bonchev–Trinajstić information content (AvgIpc) is 2.79. The monoisotopic (exact) mass is 379 g/mol. The summed E-state index contributed by atoms with van der Waals surface area (Å²) in [5.41, 5.74) is 5.38. The van der Waals surface area contributed by atoms with Gasteiger partial charge in [0, 0.05) is 41.2 Å². The molecule has 142 valence electrons. The first kappa shape index (κ1) is 18.4. The number of benzene rings is 3. The Kier molecular flexibility index (Phi) is 5.03. The zero-order valence-electron chi connectivity index (χ0n) is 16.1. The lowest BCUT2D eigenvalue weighted by molar-refractivity contribution is 1.22. The van der Waals surface area contributed by atoms with Crippen LogP contribution in [0.15, 0.2) is 73.3 Å². The lowest BCUT2D eigenvalue weighted by atomic mass is 10.1. The van der Waals surface area contributed by atoms with Gasteiger partial charge in [0.1, 0.15) is 5.82 Å². The maximum Gasteiger partial charge on any atom is 0.162 e. The highest BCUT2D eigenvalue weighted by atomic mass is 15.0. The van der Waals surface area contributed by atoms with Crippen molar-refractivity contribution in [3.8, 4) is 11.4 Å². The van der Waals surface area contributed by atoms with E-state index < -0.39 is 0 Å². The molecule has 3 N–H and O–H groups in total. The van der Waals surface area contributed by atoms with Crippen LogP contribution in [-0.4, -0.2) is 23.2 Å². The summed E-state index contributed by atoms with van der Waals surface area (Å²) >= 11 is 0. The fourth-order valence-corrected chi connectivity index (χ4v) is 3.23. The number of rotatable bonds is 6. The third-order valence-electron chi connectivity index (χ3n) is 4.72. The van der Waals surface area contributed by atoms with E-state index in [0.29, 0.717) is 5.82 Å². The molecule has 0 saturated heterocycles. The van der Waals surface area contributed by atoms with Crippen molar-refractivity contribution in [2.75, 3.05) is 17.7 Å². The van der Waals surface area contributed by atoms with E-state index >= 15 is 0 Å². The molecule has 0 saturated carbocycles. The van der Waals surface area contributed by atoms with E-state index in [9.17, 15) is 0 Å². The summed E-state index contributed by atoms with van der Waals surface area (Å²) in [6.07, 6.45) is 3.15. The predicted molar refractivity (Wildman–Crippen MR) is 122 cm³/mol. The number of aromatic nitrogens is 2. The van der Waals surface area contributed by atoms with Gasteiger partial charge in [0.2, 0.25) is 0 Å². The molecular formula is C24H21N5. The standard InChI is InChI=1S/C24H21N5/c1-3-16-7-6-8-17(13-16)23-28-22-10-5-4-9-20(22)24(29-23)27-19-11-12-21(26-2)18(14-19)15-25/h3-15,25-26H,1H2,2H3,(H,27,28,29). The Balaban J connectivity index is 1.83. The molecule has 5 heteroatoms. The highest BCUT2D eigenvalue weighted by molar-refractivity contribution is 5.93. The zero-order valence-corrected chi connectivity index (χ0v) is 16.1. The molecule has 4 rings (SSSR count). The van der Waals surface area contributed by atoms with E-state index in [2.05, 4.69) is 17.2 Å². The van der Waals surface area contributed by atoms with E-state index in [1.807, 2.05) is 79.9 Å². The summed E-state index contributed by atoms with van der Waals surface area (Å²) in [7, 11) is 1.84. The van der Waals surface area contributed by atoms with Gasteiger partial charge in [-0.05, 0) is 42.0 Å². The van der Waals surface area contributed by atoms with Crippen LogP contribution in [-0.2, 0) is 0 Å². The first-order valence-corrected chi connectivity index (χ1v) is 9.31. The zero-order chi connectivity index (χ0) is 20.2. The van der Waals surface area contributed by atoms with Crippen molar-refractivity contribution >= 4 is 40.4 Å². The first-order valence-electron chi connectivity index (χ1n) is 9.31. The van der Waals surface area contributed by atoms with Gasteiger partial charge in [-0.15, -0.1) is 0 Å². The summed E-state index contributed by atoms with van der Waals surface area (Å²) < 4.78 is 0. The van der Waals surface area contributed by atoms with Crippen molar-refractivity contribution < 1.29 is 0 Å². The van der Waals surface area contributed by atoms with Crippen molar-refractivity contribution in [3.63, 3.8) is 0 Å². The third kappa shape index (κ3) is 3.71. The van der Waals surface area contributed by atoms with Gasteiger partial charge in [0.05, 0.1) is 5.52 Å². The van der Waals surface area contributed by atoms with Crippen LogP contribution in [0.1, 0.15) is 11.1 Å². The van der Waals surface area contributed by atoms with Crippen LogP contribution in [0.25, 0.3) is 28.4 Å². The molecule has 0 aliphatic rings. The minimum atomic E-state index is 0.647. The van der Waals surface area contributed by atoms with Crippen LogP contribution in [0, 0.1) is 5.41 Å². The summed E-state index contributed by atoms with van der Waals surface area (Å²) in [5, 5.41) is 15.1. The Labute approximate surface area is 169 Å². The number of fused-ring (bicyclic) bond motifs is 1. The number of anilines is 3. The Hall–Kier alpha value is -3.99. The van der Waals surface area contributed by atoms with Gasteiger partial charge < -0.3 is 16.0 Å². The molecule has 29 heavy (non-hydrogen) atoms. The van der Waals surface area contributed by atoms with Gasteiger partial charge in [-0.3, -0.25) is 0 Å². The van der Waals surface area contributed by atoms with Crippen LogP contribution in [0.5, 0.6) is 0 Å². The third-order valence-corrected chi connectivity index (χ3v) is 4.72. The average molecular weight is 379 g/mol. The van der Waals surface area contributed by atoms with Crippen molar-refractivity contribution in [1.29, 1.82) is 5.41 Å². The number of nitrogens with one attached hydrogen (secondary N) is 3. The first-order chi connectivity index (χ1) is 14.2. The minimum Gasteiger partial charge on any atom is -0.388 e. The maximum absolute atomic E-state index is 7.65. The van der Waals surface area contributed by atoms with Crippen LogP contribution < -0.4 is 10.6 Å². The van der Waals surface area contributed by atoms with E-state index in [0.717, 1.165) is 44.8 Å². The normalized spacial score (nSPS) is 10.5. The molecule has 0 atom stereocenters. The molecule has 0 spiro atoms. The minimum absolute atomic E-state index is 0.647. The van der Waals surface area contributed by atoms with Crippen molar-refractivity contribution in [2.24, 2.45) is 0 Å². The number of hydrogen-bond acceptors (Lipinski definition) is 5. The van der Waals surface area contributed by atoms with Crippen molar-refractivity contribution in [3.05, 3.63) is 84.4 Å². The fourth-order valence-electron chi connectivity index (χ4n) is 3.23.